The van der Waals surface area contributed by atoms with Gasteiger partial charge in [0.05, 0.1) is 6.61 Å². The summed E-state index contributed by atoms with van der Waals surface area (Å²) in [6.45, 7) is 3.48. The summed E-state index contributed by atoms with van der Waals surface area (Å²) in [6, 6.07) is 14.4. The van der Waals surface area contributed by atoms with Crippen molar-refractivity contribution in [1.82, 2.24) is 20.4 Å². The first kappa shape index (κ1) is 19.9. The maximum Gasteiger partial charge on any atom is 0.317 e. The second-order valence-corrected chi connectivity index (χ2v) is 7.44. The molecule has 0 aliphatic carbocycles. The number of hydrogen-bond acceptors (Lipinski definition) is 5. The Morgan fingerprint density at radius 1 is 1.17 bits per heavy atom. The molecule has 0 saturated heterocycles. The van der Waals surface area contributed by atoms with Crippen LogP contribution in [0.2, 0.25) is 0 Å². The topological polar surface area (TPSA) is 80.5 Å². The first-order valence-electron chi connectivity index (χ1n) is 10.3. The molecule has 0 saturated carbocycles. The second-order valence-electron chi connectivity index (χ2n) is 7.44. The van der Waals surface area contributed by atoms with E-state index in [1.807, 2.05) is 19.1 Å². The summed E-state index contributed by atoms with van der Waals surface area (Å²) in [5.41, 5.74) is 4.64. The van der Waals surface area contributed by atoms with Crippen molar-refractivity contribution in [3.8, 4) is 16.9 Å². The largest absolute Gasteiger partial charge is 0.493 e. The fraction of sp³-hybridized carbons (Fsp3) is 0.348. The van der Waals surface area contributed by atoms with E-state index in [0.29, 0.717) is 24.7 Å². The zero-order chi connectivity index (χ0) is 20.9. The van der Waals surface area contributed by atoms with Crippen LogP contribution in [0.25, 0.3) is 11.1 Å². The number of rotatable bonds is 6. The number of carbonyl (C=O) groups is 1. The number of benzene rings is 2. The summed E-state index contributed by atoms with van der Waals surface area (Å²) in [5, 5.41) is 6.77. The van der Waals surface area contributed by atoms with Gasteiger partial charge in [-0.3, -0.25) is 0 Å². The van der Waals surface area contributed by atoms with Crippen LogP contribution in [0.15, 0.2) is 47.0 Å². The Hall–Kier alpha value is -3.35. The van der Waals surface area contributed by atoms with E-state index in [-0.39, 0.29) is 12.6 Å². The molecule has 0 spiro atoms. The van der Waals surface area contributed by atoms with Gasteiger partial charge in [-0.05, 0) is 47.2 Å². The van der Waals surface area contributed by atoms with Crippen molar-refractivity contribution >= 4 is 6.03 Å². The van der Waals surface area contributed by atoms with Gasteiger partial charge in [0.2, 0.25) is 5.89 Å². The summed E-state index contributed by atoms with van der Waals surface area (Å²) >= 11 is 0. The summed E-state index contributed by atoms with van der Waals surface area (Å²) in [4.78, 5) is 18.1. The average Bonchev–Trinajstić information content (AvgIpc) is 3.25. The molecule has 1 aromatic heterocycles. The summed E-state index contributed by atoms with van der Waals surface area (Å²) in [7, 11) is 1.70. The van der Waals surface area contributed by atoms with Gasteiger partial charge in [0.25, 0.3) is 0 Å². The Kier molecular flexibility index (Phi) is 5.97. The van der Waals surface area contributed by atoms with E-state index < -0.39 is 0 Å². The minimum absolute atomic E-state index is 0.190. The lowest BCUT2D eigenvalue weighted by Gasteiger charge is -2.18. The Morgan fingerprint density at radius 2 is 1.97 bits per heavy atom. The average molecular weight is 406 g/mol. The van der Waals surface area contributed by atoms with E-state index in [1.165, 1.54) is 16.0 Å². The number of carbonyl (C=O) groups excluding carboxylic acids is 1. The minimum atomic E-state index is -0.190. The maximum absolute atomic E-state index is 12.3. The van der Waals surface area contributed by atoms with Gasteiger partial charge < -0.3 is 19.5 Å². The quantitative estimate of drug-likeness (QED) is 0.670. The van der Waals surface area contributed by atoms with Crippen LogP contribution < -0.4 is 10.1 Å². The van der Waals surface area contributed by atoms with Crippen LogP contribution in [0.4, 0.5) is 4.79 Å². The first-order valence-corrected chi connectivity index (χ1v) is 10.3. The van der Waals surface area contributed by atoms with E-state index >= 15 is 0 Å². The molecule has 0 bridgehead atoms. The highest BCUT2D eigenvalue weighted by molar-refractivity contribution is 5.73. The van der Waals surface area contributed by atoms with E-state index in [9.17, 15) is 4.79 Å². The van der Waals surface area contributed by atoms with Crippen LogP contribution in [-0.4, -0.2) is 34.7 Å². The molecule has 4 rings (SSSR count). The summed E-state index contributed by atoms with van der Waals surface area (Å²) in [6.07, 6.45) is 2.83. The van der Waals surface area contributed by atoms with Gasteiger partial charge in [0, 0.05) is 20.0 Å². The number of ether oxygens (including phenoxy) is 1. The Labute approximate surface area is 176 Å². The van der Waals surface area contributed by atoms with Crippen molar-refractivity contribution < 1.29 is 14.1 Å². The van der Waals surface area contributed by atoms with Crippen molar-refractivity contribution in [1.29, 1.82) is 0 Å². The van der Waals surface area contributed by atoms with Crippen molar-refractivity contribution in [3.63, 3.8) is 0 Å². The van der Waals surface area contributed by atoms with Gasteiger partial charge in [-0.1, -0.05) is 42.4 Å². The third-order valence-electron chi connectivity index (χ3n) is 5.19. The maximum atomic E-state index is 12.3. The summed E-state index contributed by atoms with van der Waals surface area (Å²) < 4.78 is 10.8. The number of aryl methyl sites for hydroxylation is 2. The number of amides is 2. The van der Waals surface area contributed by atoms with Crippen LogP contribution in [0.3, 0.4) is 0 Å². The van der Waals surface area contributed by atoms with Gasteiger partial charge in [-0.25, -0.2) is 4.79 Å². The number of hydrogen-bond donors (Lipinski definition) is 1. The smallest absolute Gasteiger partial charge is 0.317 e. The monoisotopic (exact) mass is 406 g/mol. The van der Waals surface area contributed by atoms with Crippen molar-refractivity contribution in [2.45, 2.75) is 39.3 Å². The predicted octanol–water partition coefficient (Wildman–Crippen LogP) is 3.97. The number of aromatic nitrogens is 2. The van der Waals surface area contributed by atoms with E-state index in [2.05, 4.69) is 45.8 Å². The zero-order valence-corrected chi connectivity index (χ0v) is 17.4. The molecule has 0 atom stereocenters. The van der Waals surface area contributed by atoms with Gasteiger partial charge in [-0.15, -0.1) is 0 Å². The molecule has 1 aliphatic rings. The molecule has 1 N–H and O–H groups in total. The minimum Gasteiger partial charge on any atom is -0.493 e. The van der Waals surface area contributed by atoms with Crippen LogP contribution in [-0.2, 0) is 25.9 Å². The lowest BCUT2D eigenvalue weighted by atomic mass is 9.98. The molecular weight excluding hydrogens is 380 g/mol. The Balaban J connectivity index is 1.32. The zero-order valence-electron chi connectivity index (χ0n) is 17.4. The molecule has 0 unspecified atom stereocenters. The van der Waals surface area contributed by atoms with Crippen LogP contribution in [0.5, 0.6) is 5.75 Å². The van der Waals surface area contributed by atoms with E-state index in [1.54, 1.807) is 7.05 Å². The van der Waals surface area contributed by atoms with Gasteiger partial charge >= 0.3 is 6.03 Å². The highest BCUT2D eigenvalue weighted by Gasteiger charge is 2.14. The molecule has 7 nitrogen and oxygen atoms in total. The second kappa shape index (κ2) is 8.98. The molecule has 0 radical (unpaired) electrons. The van der Waals surface area contributed by atoms with Crippen LogP contribution in [0.1, 0.15) is 36.2 Å². The third-order valence-corrected chi connectivity index (χ3v) is 5.19. The van der Waals surface area contributed by atoms with Crippen LogP contribution in [0, 0.1) is 0 Å². The van der Waals surface area contributed by atoms with Crippen molar-refractivity contribution in [2.24, 2.45) is 0 Å². The molecule has 2 amide bonds. The number of fused-ring (bicyclic) bond motifs is 1. The number of nitrogens with zero attached hydrogens (tertiary/aromatic N) is 3. The third kappa shape index (κ3) is 4.62. The fourth-order valence-corrected chi connectivity index (χ4v) is 3.44. The highest BCUT2D eigenvalue weighted by atomic mass is 16.5. The number of nitrogens with one attached hydrogen (secondary N) is 1. The Morgan fingerprint density at radius 3 is 2.73 bits per heavy atom. The lowest BCUT2D eigenvalue weighted by Crippen LogP contribution is -2.36. The molecule has 2 heterocycles. The Bertz CT molecular complexity index is 1010. The molecular formula is C23H26N4O3. The molecule has 0 fully saturated rings. The SMILES string of the molecule is CCc1noc(CN(C)C(=O)NCc2ccc(-c3ccc4c(c3)CCCO4)cc2)n1. The van der Waals surface area contributed by atoms with Gasteiger partial charge in [0.1, 0.15) is 12.3 Å². The molecule has 156 valence electrons. The molecule has 7 heteroatoms. The van der Waals surface area contributed by atoms with E-state index in [4.69, 9.17) is 9.26 Å². The van der Waals surface area contributed by atoms with Crippen molar-refractivity contribution in [2.75, 3.05) is 13.7 Å². The standard InChI is InChI=1S/C23H26N4O3/c1-3-21-25-22(30-26-21)15-27(2)23(28)24-14-16-6-8-17(9-7-16)18-10-11-20-19(13-18)5-4-12-29-20/h6-11,13H,3-5,12,14-15H2,1-2H3,(H,24,28). The van der Waals surface area contributed by atoms with Crippen LogP contribution >= 0.6 is 0 Å². The summed E-state index contributed by atoms with van der Waals surface area (Å²) in [5.74, 6) is 2.08. The fourth-order valence-electron chi connectivity index (χ4n) is 3.44. The predicted molar refractivity (Wildman–Crippen MR) is 113 cm³/mol. The number of urea groups is 1. The van der Waals surface area contributed by atoms with Gasteiger partial charge in [0.15, 0.2) is 5.82 Å². The van der Waals surface area contributed by atoms with E-state index in [0.717, 1.165) is 36.3 Å². The first-order chi connectivity index (χ1) is 14.6. The molecule has 2 aromatic carbocycles. The molecule has 3 aromatic rings. The normalized spacial score (nSPS) is 12.7. The molecule has 30 heavy (non-hydrogen) atoms. The molecule has 1 aliphatic heterocycles. The highest BCUT2D eigenvalue weighted by Crippen LogP contribution is 2.30. The van der Waals surface area contributed by atoms with Crippen molar-refractivity contribution in [3.05, 3.63) is 65.3 Å². The lowest BCUT2D eigenvalue weighted by molar-refractivity contribution is 0.199. The van der Waals surface area contributed by atoms with Gasteiger partial charge in [-0.2, -0.15) is 4.98 Å².